The first kappa shape index (κ1) is 6.82. The molecule has 0 aromatic heterocycles. The first-order valence-electron chi connectivity index (χ1n) is 1.90. The third-order valence-electron chi connectivity index (χ3n) is 0.325. The molecule has 0 amide bonds. The summed E-state index contributed by atoms with van der Waals surface area (Å²) < 4.78 is 26.7. The molecule has 1 nitrogen and oxygen atoms in total. The summed E-state index contributed by atoms with van der Waals surface area (Å²) in [6.45, 7) is 3.05. The fourth-order valence-electron chi connectivity index (χ4n) is 0.207. The summed E-state index contributed by atoms with van der Waals surface area (Å²) in [5.74, 6) is 0. The van der Waals surface area contributed by atoms with Gasteiger partial charge in [0.25, 0.3) is 0 Å². The van der Waals surface area contributed by atoms with Crippen molar-refractivity contribution in [3.63, 3.8) is 0 Å². The molecule has 0 rings (SSSR count). The SMILES string of the molecule is C[CH]OC(C)(F)F. The standard InChI is InChI=1S/C4H7F2O/c1-3-7-4(2,5)6/h3H,1-2H3. The van der Waals surface area contributed by atoms with Crippen molar-refractivity contribution in [1.82, 2.24) is 0 Å². The largest absolute Gasteiger partial charge is 0.353 e. The van der Waals surface area contributed by atoms with Crippen LogP contribution in [0.4, 0.5) is 8.78 Å². The van der Waals surface area contributed by atoms with E-state index in [1.54, 1.807) is 0 Å². The second kappa shape index (κ2) is 2.21. The van der Waals surface area contributed by atoms with Gasteiger partial charge >= 0.3 is 6.11 Å². The molecule has 3 heteroatoms. The van der Waals surface area contributed by atoms with E-state index in [1.165, 1.54) is 6.92 Å². The Morgan fingerprint density at radius 1 is 1.57 bits per heavy atom. The highest BCUT2D eigenvalue weighted by Gasteiger charge is 2.19. The molecule has 0 fully saturated rings. The summed E-state index contributed by atoms with van der Waals surface area (Å²) >= 11 is 0. The van der Waals surface area contributed by atoms with Crippen LogP contribution in [0.2, 0.25) is 0 Å². The van der Waals surface area contributed by atoms with Crippen molar-refractivity contribution in [2.45, 2.75) is 20.0 Å². The predicted octanol–water partition coefficient (Wildman–Crippen LogP) is 1.80. The molecule has 0 saturated heterocycles. The molecule has 0 spiro atoms. The third kappa shape index (κ3) is 5.82. The van der Waals surface area contributed by atoms with Crippen molar-refractivity contribution in [2.24, 2.45) is 0 Å². The smallest absolute Gasteiger partial charge is 0.315 e. The van der Waals surface area contributed by atoms with Crippen LogP contribution in [0, 0.1) is 6.61 Å². The predicted molar refractivity (Wildman–Crippen MR) is 21.7 cm³/mol. The zero-order valence-electron chi connectivity index (χ0n) is 4.24. The highest BCUT2D eigenvalue weighted by molar-refractivity contribution is 4.42. The lowest BCUT2D eigenvalue weighted by Gasteiger charge is -2.06. The topological polar surface area (TPSA) is 9.23 Å². The van der Waals surface area contributed by atoms with Crippen LogP contribution >= 0.6 is 0 Å². The molecule has 0 aromatic carbocycles. The highest BCUT2D eigenvalue weighted by Crippen LogP contribution is 2.13. The number of hydrogen-bond acceptors (Lipinski definition) is 1. The van der Waals surface area contributed by atoms with Gasteiger partial charge in [-0.05, 0) is 6.92 Å². The maximum Gasteiger partial charge on any atom is 0.353 e. The molecular formula is C4H7F2O. The highest BCUT2D eigenvalue weighted by atomic mass is 19.3. The second-order valence-corrected chi connectivity index (χ2v) is 1.16. The van der Waals surface area contributed by atoms with E-state index in [1.807, 2.05) is 0 Å². The van der Waals surface area contributed by atoms with Crippen molar-refractivity contribution in [1.29, 1.82) is 0 Å². The van der Waals surface area contributed by atoms with Gasteiger partial charge in [0, 0.05) is 6.92 Å². The van der Waals surface area contributed by atoms with Crippen molar-refractivity contribution in [3.05, 3.63) is 6.61 Å². The maximum atomic E-state index is 11.5. The number of alkyl halides is 2. The van der Waals surface area contributed by atoms with Gasteiger partial charge in [0.05, 0.1) is 6.61 Å². The lowest BCUT2D eigenvalue weighted by molar-refractivity contribution is -0.201. The molecular weight excluding hydrogens is 102 g/mol. The zero-order valence-corrected chi connectivity index (χ0v) is 4.24. The molecule has 1 radical (unpaired) electrons. The van der Waals surface area contributed by atoms with E-state index < -0.39 is 6.11 Å². The summed E-state index contributed by atoms with van der Waals surface area (Å²) in [5.41, 5.74) is 0. The van der Waals surface area contributed by atoms with Crippen LogP contribution < -0.4 is 0 Å². The van der Waals surface area contributed by atoms with Gasteiger partial charge in [0.1, 0.15) is 0 Å². The van der Waals surface area contributed by atoms with E-state index in [2.05, 4.69) is 4.74 Å². The minimum atomic E-state index is -3.01. The van der Waals surface area contributed by atoms with E-state index in [9.17, 15) is 8.78 Å². The Labute approximate surface area is 41.3 Å². The molecule has 0 bridgehead atoms. The minimum absolute atomic E-state index is 0.688. The zero-order chi connectivity index (χ0) is 5.91. The third-order valence-corrected chi connectivity index (χ3v) is 0.325. The van der Waals surface area contributed by atoms with E-state index >= 15 is 0 Å². The minimum Gasteiger partial charge on any atom is -0.315 e. The Hall–Kier alpha value is -0.180. The molecule has 0 N–H and O–H groups in total. The summed E-state index contributed by atoms with van der Waals surface area (Å²) in [6.07, 6.45) is -3.01. The second-order valence-electron chi connectivity index (χ2n) is 1.16. The van der Waals surface area contributed by atoms with Gasteiger partial charge < -0.3 is 4.74 Å². The molecule has 0 atom stereocenters. The molecule has 7 heavy (non-hydrogen) atoms. The van der Waals surface area contributed by atoms with Gasteiger partial charge in [-0.25, -0.2) is 0 Å². The van der Waals surface area contributed by atoms with Crippen molar-refractivity contribution in [3.8, 4) is 0 Å². The fraction of sp³-hybridized carbons (Fsp3) is 0.750. The number of hydrogen-bond donors (Lipinski definition) is 0. The molecule has 0 aliphatic heterocycles. The Morgan fingerprint density at radius 3 is 2.00 bits per heavy atom. The number of ether oxygens (including phenoxy) is 1. The van der Waals surface area contributed by atoms with Crippen LogP contribution in [-0.2, 0) is 4.74 Å². The Kier molecular flexibility index (Phi) is 2.15. The van der Waals surface area contributed by atoms with Crippen LogP contribution in [0.1, 0.15) is 13.8 Å². The first-order chi connectivity index (χ1) is 3.06. The number of halogens is 2. The van der Waals surface area contributed by atoms with E-state index in [0.717, 1.165) is 6.61 Å². The maximum absolute atomic E-state index is 11.5. The lowest BCUT2D eigenvalue weighted by Crippen LogP contribution is -2.11. The van der Waals surface area contributed by atoms with Crippen molar-refractivity contribution >= 4 is 0 Å². The molecule has 0 heterocycles. The molecule has 0 aliphatic carbocycles. The van der Waals surface area contributed by atoms with Crippen LogP contribution in [0.15, 0.2) is 0 Å². The first-order valence-corrected chi connectivity index (χ1v) is 1.90. The quantitative estimate of drug-likeness (QED) is 0.525. The normalized spacial score (nSPS) is 12.0. The molecule has 0 aromatic rings. The Balaban J connectivity index is 3.15. The van der Waals surface area contributed by atoms with Crippen LogP contribution in [0.5, 0.6) is 0 Å². The van der Waals surface area contributed by atoms with Gasteiger partial charge in [0.2, 0.25) is 0 Å². The summed E-state index contributed by atoms with van der Waals surface area (Å²) in [5, 5.41) is 0. The lowest BCUT2D eigenvalue weighted by atomic mass is 10.7. The Morgan fingerprint density at radius 2 is 2.00 bits per heavy atom. The monoisotopic (exact) mass is 109 g/mol. The fourth-order valence-corrected chi connectivity index (χ4v) is 0.207. The van der Waals surface area contributed by atoms with E-state index in [4.69, 9.17) is 0 Å². The average Bonchev–Trinajstić information content (AvgIpc) is 1.30. The van der Waals surface area contributed by atoms with Gasteiger partial charge in [-0.1, -0.05) is 0 Å². The van der Waals surface area contributed by atoms with Gasteiger partial charge in [-0.3, -0.25) is 0 Å². The van der Waals surface area contributed by atoms with Gasteiger partial charge in [0.15, 0.2) is 0 Å². The van der Waals surface area contributed by atoms with Gasteiger partial charge in [-0.2, -0.15) is 8.78 Å². The summed E-state index contributed by atoms with van der Waals surface area (Å²) in [4.78, 5) is 0. The van der Waals surface area contributed by atoms with Crippen LogP contribution in [-0.4, -0.2) is 6.11 Å². The molecule has 43 valence electrons. The van der Waals surface area contributed by atoms with Crippen molar-refractivity contribution in [2.75, 3.05) is 0 Å². The molecule has 0 saturated carbocycles. The summed E-state index contributed by atoms with van der Waals surface area (Å²) in [6, 6.07) is 0. The van der Waals surface area contributed by atoms with Gasteiger partial charge in [-0.15, -0.1) is 0 Å². The van der Waals surface area contributed by atoms with E-state index in [0.29, 0.717) is 6.92 Å². The van der Waals surface area contributed by atoms with Crippen molar-refractivity contribution < 1.29 is 13.5 Å². The van der Waals surface area contributed by atoms with Crippen LogP contribution in [0.25, 0.3) is 0 Å². The van der Waals surface area contributed by atoms with Crippen LogP contribution in [0.3, 0.4) is 0 Å². The Bertz CT molecular complexity index is 48.1. The number of rotatable bonds is 2. The molecule has 0 aliphatic rings. The average molecular weight is 109 g/mol. The summed E-state index contributed by atoms with van der Waals surface area (Å²) in [7, 11) is 0. The van der Waals surface area contributed by atoms with E-state index in [-0.39, 0.29) is 0 Å². The molecule has 0 unspecified atom stereocenters.